The fourth-order valence-electron chi connectivity index (χ4n) is 2.38. The minimum atomic E-state index is -3.43. The second-order valence-electron chi connectivity index (χ2n) is 5.41. The Morgan fingerprint density at radius 3 is 2.71 bits per heavy atom. The van der Waals surface area contributed by atoms with Gasteiger partial charge in [0.05, 0.1) is 18.4 Å². The molecule has 0 spiro atoms. The normalized spacial score (nSPS) is 23.2. The van der Waals surface area contributed by atoms with Crippen molar-refractivity contribution in [3.63, 3.8) is 0 Å². The lowest BCUT2D eigenvalue weighted by molar-refractivity contribution is 0.0600. The highest BCUT2D eigenvalue weighted by molar-refractivity contribution is 7.88. The fourth-order valence-corrected chi connectivity index (χ4v) is 4.03. The molecule has 0 amide bonds. The van der Waals surface area contributed by atoms with Crippen LogP contribution in [0.2, 0.25) is 0 Å². The van der Waals surface area contributed by atoms with Crippen LogP contribution in [0.4, 0.5) is 0 Å². The van der Waals surface area contributed by atoms with Crippen molar-refractivity contribution >= 4 is 16.0 Å². The highest BCUT2D eigenvalue weighted by Gasteiger charge is 2.34. The molecule has 1 aliphatic rings. The molecule has 21 heavy (non-hydrogen) atoms. The van der Waals surface area contributed by atoms with Crippen molar-refractivity contribution < 1.29 is 17.9 Å². The van der Waals surface area contributed by atoms with E-state index in [0.29, 0.717) is 24.2 Å². The van der Waals surface area contributed by atoms with Crippen LogP contribution in [-0.2, 0) is 20.5 Å². The van der Waals surface area contributed by atoms with Gasteiger partial charge in [-0.2, -0.15) is 4.31 Å². The van der Waals surface area contributed by atoms with Gasteiger partial charge < -0.3 is 10.5 Å². The van der Waals surface area contributed by atoms with Gasteiger partial charge >= 0.3 is 5.97 Å². The van der Waals surface area contributed by atoms with Crippen molar-refractivity contribution in [1.82, 2.24) is 4.31 Å². The number of carbonyl (C=O) groups excluding carboxylic acids is 1. The molecule has 2 N–H and O–H groups in total. The van der Waals surface area contributed by atoms with Crippen LogP contribution in [0.5, 0.6) is 0 Å². The number of hydrogen-bond acceptors (Lipinski definition) is 5. The van der Waals surface area contributed by atoms with Crippen molar-refractivity contribution in [2.45, 2.75) is 18.7 Å². The first kappa shape index (κ1) is 15.9. The maximum absolute atomic E-state index is 12.4. The zero-order valence-electron chi connectivity index (χ0n) is 12.2. The Hall–Kier alpha value is -1.44. The minimum Gasteiger partial charge on any atom is -0.465 e. The monoisotopic (exact) mass is 312 g/mol. The van der Waals surface area contributed by atoms with Crippen LogP contribution >= 0.6 is 0 Å². The smallest absolute Gasteiger partial charge is 0.337 e. The lowest BCUT2D eigenvalue weighted by Gasteiger charge is -2.16. The summed E-state index contributed by atoms with van der Waals surface area (Å²) in [5.41, 5.74) is 6.78. The average Bonchev–Trinajstić information content (AvgIpc) is 2.78. The van der Waals surface area contributed by atoms with Crippen LogP contribution in [0.3, 0.4) is 0 Å². The quantitative estimate of drug-likeness (QED) is 0.822. The fraction of sp³-hybridized carbons (Fsp3) is 0.500. The van der Waals surface area contributed by atoms with Gasteiger partial charge in [-0.05, 0) is 23.6 Å². The number of rotatable bonds is 4. The van der Waals surface area contributed by atoms with Crippen molar-refractivity contribution in [2.24, 2.45) is 11.7 Å². The van der Waals surface area contributed by atoms with Crippen molar-refractivity contribution in [3.05, 3.63) is 35.4 Å². The summed E-state index contributed by atoms with van der Waals surface area (Å²) < 4.78 is 30.9. The molecule has 1 saturated heterocycles. The minimum absolute atomic E-state index is 0.124. The second kappa shape index (κ2) is 6.13. The number of nitrogens with two attached hydrogens (primary N) is 1. The topological polar surface area (TPSA) is 89.7 Å². The summed E-state index contributed by atoms with van der Waals surface area (Å²) in [5.74, 6) is -0.468. The van der Waals surface area contributed by atoms with E-state index in [1.54, 1.807) is 24.3 Å². The molecule has 6 nitrogen and oxygen atoms in total. The third-order valence-corrected chi connectivity index (χ3v) is 5.51. The lowest BCUT2D eigenvalue weighted by atomic mass is 10.1. The molecule has 2 rings (SSSR count). The van der Waals surface area contributed by atoms with E-state index in [-0.39, 0.29) is 17.7 Å². The Balaban J connectivity index is 2.16. The summed E-state index contributed by atoms with van der Waals surface area (Å²) in [6.45, 7) is 2.73. The molecule has 0 radical (unpaired) electrons. The highest BCUT2D eigenvalue weighted by atomic mass is 32.2. The molecule has 1 aromatic carbocycles. The molecule has 1 fully saturated rings. The van der Waals surface area contributed by atoms with Gasteiger partial charge in [0.25, 0.3) is 0 Å². The summed E-state index contributed by atoms with van der Waals surface area (Å²) >= 11 is 0. The zero-order chi connectivity index (χ0) is 15.6. The number of hydrogen-bond donors (Lipinski definition) is 1. The lowest BCUT2D eigenvalue weighted by Crippen LogP contribution is -2.33. The second-order valence-corrected chi connectivity index (χ2v) is 7.38. The number of sulfonamides is 1. The summed E-state index contributed by atoms with van der Waals surface area (Å²) in [6.07, 6.45) is 0. The van der Waals surface area contributed by atoms with Crippen LogP contribution < -0.4 is 5.73 Å². The van der Waals surface area contributed by atoms with Crippen molar-refractivity contribution in [1.29, 1.82) is 0 Å². The molecule has 116 valence electrons. The number of carbonyl (C=O) groups is 1. The molecule has 0 aromatic heterocycles. The first-order chi connectivity index (χ1) is 9.83. The van der Waals surface area contributed by atoms with Crippen LogP contribution in [0.25, 0.3) is 0 Å². The first-order valence-electron chi connectivity index (χ1n) is 6.74. The Kier molecular flexibility index (Phi) is 4.65. The maximum atomic E-state index is 12.4. The van der Waals surface area contributed by atoms with Gasteiger partial charge in [-0.15, -0.1) is 0 Å². The Labute approximate surface area is 124 Å². The van der Waals surface area contributed by atoms with Crippen LogP contribution in [-0.4, -0.2) is 44.9 Å². The van der Waals surface area contributed by atoms with Gasteiger partial charge in [-0.1, -0.05) is 19.1 Å². The zero-order valence-corrected chi connectivity index (χ0v) is 13.0. The average molecular weight is 312 g/mol. The number of ether oxygens (including phenoxy) is 1. The van der Waals surface area contributed by atoms with E-state index in [1.165, 1.54) is 11.4 Å². The summed E-state index contributed by atoms with van der Waals surface area (Å²) in [7, 11) is -2.14. The van der Waals surface area contributed by atoms with Crippen LogP contribution in [0, 0.1) is 5.92 Å². The summed E-state index contributed by atoms with van der Waals surface area (Å²) in [5, 5.41) is 0. The SMILES string of the molecule is COC(=O)c1cccc(CS(=O)(=O)N2CC(C)C(N)C2)c1. The van der Waals surface area contributed by atoms with Crippen molar-refractivity contribution in [3.8, 4) is 0 Å². The Bertz CT molecular complexity index is 620. The van der Waals surface area contributed by atoms with Gasteiger partial charge in [-0.3, -0.25) is 0 Å². The predicted molar refractivity (Wildman–Crippen MR) is 79.1 cm³/mol. The third kappa shape index (κ3) is 3.61. The largest absolute Gasteiger partial charge is 0.465 e. The number of benzene rings is 1. The Morgan fingerprint density at radius 2 is 2.14 bits per heavy atom. The standard InChI is InChI=1S/C14H20N2O4S/c1-10-7-16(8-13(10)15)21(18,19)9-11-4-3-5-12(6-11)14(17)20-2/h3-6,10,13H,7-9,15H2,1-2H3. The molecule has 2 atom stereocenters. The van der Waals surface area contributed by atoms with E-state index in [9.17, 15) is 13.2 Å². The van der Waals surface area contributed by atoms with Crippen LogP contribution in [0.15, 0.2) is 24.3 Å². The van der Waals surface area contributed by atoms with Crippen molar-refractivity contribution in [2.75, 3.05) is 20.2 Å². The van der Waals surface area contributed by atoms with E-state index in [2.05, 4.69) is 4.74 Å². The molecule has 7 heteroatoms. The molecule has 1 aliphatic heterocycles. The summed E-state index contributed by atoms with van der Waals surface area (Å²) in [6, 6.07) is 6.35. The number of nitrogens with zero attached hydrogens (tertiary/aromatic N) is 1. The Morgan fingerprint density at radius 1 is 1.43 bits per heavy atom. The van der Waals surface area contributed by atoms with Crippen LogP contribution in [0.1, 0.15) is 22.8 Å². The highest BCUT2D eigenvalue weighted by Crippen LogP contribution is 2.21. The molecule has 1 heterocycles. The number of esters is 1. The molecule has 1 aromatic rings. The molecule has 0 bridgehead atoms. The number of methoxy groups -OCH3 is 1. The first-order valence-corrected chi connectivity index (χ1v) is 8.35. The van der Waals surface area contributed by atoms with E-state index in [0.717, 1.165) is 0 Å². The van der Waals surface area contributed by atoms with E-state index < -0.39 is 16.0 Å². The predicted octanol–water partition coefficient (Wildman–Crippen LogP) is 0.582. The molecular weight excluding hydrogens is 292 g/mol. The van der Waals surface area contributed by atoms with Gasteiger partial charge in [0, 0.05) is 19.1 Å². The van der Waals surface area contributed by atoms with Gasteiger partial charge in [0.15, 0.2) is 0 Å². The third-order valence-electron chi connectivity index (χ3n) is 3.73. The molecular formula is C14H20N2O4S. The van der Waals surface area contributed by atoms with Gasteiger partial charge in [-0.25, -0.2) is 13.2 Å². The van der Waals surface area contributed by atoms with Gasteiger partial charge in [0.1, 0.15) is 0 Å². The molecule has 2 unspecified atom stereocenters. The molecule has 0 aliphatic carbocycles. The van der Waals surface area contributed by atoms with E-state index in [1.807, 2.05) is 6.92 Å². The molecule has 0 saturated carbocycles. The van der Waals surface area contributed by atoms with Gasteiger partial charge in [0.2, 0.25) is 10.0 Å². The van der Waals surface area contributed by atoms with E-state index >= 15 is 0 Å². The maximum Gasteiger partial charge on any atom is 0.337 e. The summed E-state index contributed by atoms with van der Waals surface area (Å²) in [4.78, 5) is 11.5. The van der Waals surface area contributed by atoms with E-state index in [4.69, 9.17) is 5.73 Å².